The molecule has 1 fully saturated rings. The Morgan fingerprint density at radius 3 is 2.71 bits per heavy atom. The van der Waals surface area contributed by atoms with Crippen molar-refractivity contribution in [1.29, 1.82) is 0 Å². The number of aromatic nitrogens is 1. The summed E-state index contributed by atoms with van der Waals surface area (Å²) >= 11 is 3.10. The first-order chi connectivity index (χ1) is 16.3. The average Bonchev–Trinajstić information content (AvgIpc) is 3.45. The molecule has 1 aliphatic heterocycles. The standard InChI is InChI=1S/C24H29N3O4S3/c1-4-31-15-14-26-20-12-9-18(32-3)16-22(20)33-24(26)25-23(28)21-6-5-13-27(21)34(29,30)19-10-7-17(2)8-11-19/h7-12,16,21H,4-6,13-15H2,1-3H3. The van der Waals surface area contributed by atoms with Crippen molar-refractivity contribution in [2.75, 3.05) is 26.0 Å². The summed E-state index contributed by atoms with van der Waals surface area (Å²) in [7, 11) is -3.78. The van der Waals surface area contributed by atoms with E-state index in [4.69, 9.17) is 4.74 Å². The van der Waals surface area contributed by atoms with E-state index in [2.05, 4.69) is 17.1 Å². The number of thiazole rings is 1. The van der Waals surface area contributed by atoms with Gasteiger partial charge in [0.05, 0.1) is 21.7 Å². The molecule has 2 aromatic carbocycles. The van der Waals surface area contributed by atoms with Crippen molar-refractivity contribution in [3.8, 4) is 0 Å². The molecule has 1 saturated heterocycles. The second kappa shape index (κ2) is 10.7. The minimum atomic E-state index is -3.78. The van der Waals surface area contributed by atoms with Crippen molar-refractivity contribution in [1.82, 2.24) is 8.87 Å². The lowest BCUT2D eigenvalue weighted by molar-refractivity contribution is -0.121. The van der Waals surface area contributed by atoms with Crippen LogP contribution in [0.3, 0.4) is 0 Å². The Balaban J connectivity index is 1.70. The highest BCUT2D eigenvalue weighted by atomic mass is 32.2. The predicted octanol–water partition coefficient (Wildman–Crippen LogP) is 4.05. The number of sulfonamides is 1. The lowest BCUT2D eigenvalue weighted by Crippen LogP contribution is -2.40. The number of nitrogens with zero attached hydrogens (tertiary/aromatic N) is 3. The fraction of sp³-hybridized carbons (Fsp3) is 0.417. The summed E-state index contributed by atoms with van der Waals surface area (Å²) in [5, 5.41) is 0. The van der Waals surface area contributed by atoms with Gasteiger partial charge in [0, 0.05) is 24.6 Å². The number of ether oxygens (including phenoxy) is 1. The third-order valence-electron chi connectivity index (χ3n) is 5.88. The van der Waals surface area contributed by atoms with E-state index in [-0.39, 0.29) is 4.90 Å². The highest BCUT2D eigenvalue weighted by Gasteiger charge is 2.39. The lowest BCUT2D eigenvalue weighted by atomic mass is 10.2. The summed E-state index contributed by atoms with van der Waals surface area (Å²) in [6.45, 7) is 5.85. The van der Waals surface area contributed by atoms with Crippen LogP contribution in [0.5, 0.6) is 0 Å². The summed E-state index contributed by atoms with van der Waals surface area (Å²) in [6, 6.07) is 12.1. The molecular formula is C24H29N3O4S3. The summed E-state index contributed by atoms with van der Waals surface area (Å²) in [4.78, 5) is 19.7. The van der Waals surface area contributed by atoms with E-state index in [0.29, 0.717) is 43.9 Å². The first-order valence-electron chi connectivity index (χ1n) is 11.3. The quantitative estimate of drug-likeness (QED) is 0.331. The molecule has 34 heavy (non-hydrogen) atoms. The van der Waals surface area contributed by atoms with Gasteiger partial charge in [-0.1, -0.05) is 29.0 Å². The average molecular weight is 520 g/mol. The van der Waals surface area contributed by atoms with Crippen molar-refractivity contribution in [2.24, 2.45) is 4.99 Å². The van der Waals surface area contributed by atoms with Gasteiger partial charge in [0.2, 0.25) is 10.0 Å². The van der Waals surface area contributed by atoms with Gasteiger partial charge >= 0.3 is 0 Å². The monoisotopic (exact) mass is 519 g/mol. The lowest BCUT2D eigenvalue weighted by Gasteiger charge is -2.21. The normalized spacial score (nSPS) is 17.6. The van der Waals surface area contributed by atoms with Crippen molar-refractivity contribution in [3.63, 3.8) is 0 Å². The number of fused-ring (bicyclic) bond motifs is 1. The van der Waals surface area contributed by atoms with Crippen molar-refractivity contribution < 1.29 is 17.9 Å². The molecule has 0 saturated carbocycles. The number of thioether (sulfide) groups is 1. The fourth-order valence-electron chi connectivity index (χ4n) is 4.07. The first-order valence-corrected chi connectivity index (χ1v) is 14.8. The number of rotatable bonds is 8. The van der Waals surface area contributed by atoms with Crippen molar-refractivity contribution in [3.05, 3.63) is 52.8 Å². The Hall–Kier alpha value is -1.98. The van der Waals surface area contributed by atoms with Gasteiger partial charge in [-0.2, -0.15) is 9.30 Å². The summed E-state index contributed by atoms with van der Waals surface area (Å²) in [5.41, 5.74) is 1.97. The number of amides is 1. The Kier molecular flexibility index (Phi) is 7.94. The van der Waals surface area contributed by atoms with Crippen LogP contribution in [0, 0.1) is 6.92 Å². The van der Waals surface area contributed by atoms with Crippen LogP contribution in [0.1, 0.15) is 25.3 Å². The smallest absolute Gasteiger partial charge is 0.266 e. The predicted molar refractivity (Wildman–Crippen MR) is 137 cm³/mol. The Labute approximate surface area is 208 Å². The van der Waals surface area contributed by atoms with E-state index in [1.54, 1.807) is 36.0 Å². The maximum absolute atomic E-state index is 13.3. The molecule has 0 spiro atoms. The number of aryl methyl sites for hydroxylation is 1. The molecule has 1 amide bonds. The largest absolute Gasteiger partial charge is 0.380 e. The molecule has 0 bridgehead atoms. The fourth-order valence-corrected chi connectivity index (χ4v) is 7.34. The molecular weight excluding hydrogens is 490 g/mol. The second-order valence-corrected chi connectivity index (χ2v) is 11.9. The number of carbonyl (C=O) groups is 1. The molecule has 3 aromatic rings. The number of benzene rings is 2. The maximum atomic E-state index is 13.3. The van der Waals surface area contributed by atoms with Gasteiger partial charge in [0.25, 0.3) is 5.91 Å². The molecule has 10 heteroatoms. The first kappa shape index (κ1) is 25.1. The van der Waals surface area contributed by atoms with E-state index >= 15 is 0 Å². The van der Waals surface area contributed by atoms with Crippen molar-refractivity contribution in [2.45, 2.75) is 49.1 Å². The second-order valence-electron chi connectivity index (χ2n) is 8.10. The Morgan fingerprint density at radius 2 is 2.00 bits per heavy atom. The van der Waals surface area contributed by atoms with E-state index < -0.39 is 22.0 Å². The molecule has 2 heterocycles. The third-order valence-corrected chi connectivity index (χ3v) is 9.56. The minimum absolute atomic E-state index is 0.205. The number of hydrogen-bond acceptors (Lipinski definition) is 6. The maximum Gasteiger partial charge on any atom is 0.266 e. The number of hydrogen-bond donors (Lipinski definition) is 0. The zero-order valence-corrected chi connectivity index (χ0v) is 22.0. The SMILES string of the molecule is CCOCCn1c(=NC(=O)C2CCCN2S(=O)(=O)c2ccc(C)cc2)sc2cc(SC)ccc21. The molecule has 7 nitrogen and oxygen atoms in total. The zero-order valence-electron chi connectivity index (χ0n) is 19.6. The Morgan fingerprint density at radius 1 is 1.24 bits per heavy atom. The molecule has 0 N–H and O–H groups in total. The highest BCUT2D eigenvalue weighted by Crippen LogP contribution is 2.28. The van der Waals surface area contributed by atoms with Gasteiger partial charge in [-0.25, -0.2) is 8.42 Å². The molecule has 1 unspecified atom stereocenters. The van der Waals surface area contributed by atoms with Crippen LogP contribution in [0.2, 0.25) is 0 Å². The van der Waals surface area contributed by atoms with Crippen LogP contribution >= 0.6 is 23.1 Å². The van der Waals surface area contributed by atoms with Crippen LogP contribution < -0.4 is 4.80 Å². The highest BCUT2D eigenvalue weighted by molar-refractivity contribution is 7.98. The molecule has 1 atom stereocenters. The molecule has 4 rings (SSSR count). The topological polar surface area (TPSA) is 81.0 Å². The molecule has 0 aliphatic carbocycles. The molecule has 0 radical (unpaired) electrons. The third kappa shape index (κ3) is 5.16. The summed E-state index contributed by atoms with van der Waals surface area (Å²) < 4.78 is 36.4. The van der Waals surface area contributed by atoms with Crippen LogP contribution in [0.15, 0.2) is 57.2 Å². The van der Waals surface area contributed by atoms with Crippen molar-refractivity contribution >= 4 is 49.2 Å². The van der Waals surface area contributed by atoms with E-state index in [1.165, 1.54) is 15.6 Å². The van der Waals surface area contributed by atoms with Gasteiger partial charge in [0.1, 0.15) is 6.04 Å². The van der Waals surface area contributed by atoms with Crippen LogP contribution in [-0.4, -0.2) is 55.3 Å². The van der Waals surface area contributed by atoms with Crippen LogP contribution in [0.25, 0.3) is 10.2 Å². The Bertz CT molecular complexity index is 1340. The van der Waals surface area contributed by atoms with Gasteiger partial charge < -0.3 is 9.30 Å². The van der Waals surface area contributed by atoms with Gasteiger partial charge in [-0.05, 0) is 63.3 Å². The van der Waals surface area contributed by atoms with Crippen LogP contribution in [0.4, 0.5) is 0 Å². The number of carbonyl (C=O) groups excluding carboxylic acids is 1. The van der Waals surface area contributed by atoms with Gasteiger partial charge in [-0.15, -0.1) is 11.8 Å². The summed E-state index contributed by atoms with van der Waals surface area (Å²) in [5.74, 6) is -0.421. The minimum Gasteiger partial charge on any atom is -0.380 e. The van der Waals surface area contributed by atoms with Gasteiger partial charge in [0.15, 0.2) is 4.80 Å². The molecule has 182 valence electrons. The van der Waals surface area contributed by atoms with Gasteiger partial charge in [-0.3, -0.25) is 4.79 Å². The summed E-state index contributed by atoms with van der Waals surface area (Å²) in [6.07, 6.45) is 3.12. The molecule has 1 aliphatic rings. The zero-order chi connectivity index (χ0) is 24.3. The van der Waals surface area contributed by atoms with E-state index in [1.807, 2.05) is 30.7 Å². The van der Waals surface area contributed by atoms with E-state index in [0.717, 1.165) is 20.7 Å². The molecule has 1 aromatic heterocycles. The van der Waals surface area contributed by atoms with E-state index in [9.17, 15) is 13.2 Å². The van der Waals surface area contributed by atoms with Crippen LogP contribution in [-0.2, 0) is 26.1 Å².